The predicted octanol–water partition coefficient (Wildman–Crippen LogP) is 2.69. The molecule has 2 amide bonds. The molecule has 0 saturated carbocycles. The normalized spacial score (nSPS) is 16.9. The second-order valence-electron chi connectivity index (χ2n) is 5.30. The van der Waals surface area contributed by atoms with Gasteiger partial charge in [0, 0.05) is 12.1 Å². The van der Waals surface area contributed by atoms with Gasteiger partial charge in [0.1, 0.15) is 12.1 Å². The number of carbonyl (C=O) groups excluding carboxylic acids is 2. The minimum atomic E-state index is -0.559. The van der Waals surface area contributed by atoms with Crippen molar-refractivity contribution in [2.24, 2.45) is 0 Å². The van der Waals surface area contributed by atoms with Crippen LogP contribution in [0.25, 0.3) is 0 Å². The zero-order valence-electron chi connectivity index (χ0n) is 12.4. The number of para-hydroxylation sites is 2. The summed E-state index contributed by atoms with van der Waals surface area (Å²) in [6.45, 7) is 0. The molecule has 0 spiro atoms. The third-order valence-corrected chi connectivity index (χ3v) is 3.85. The van der Waals surface area contributed by atoms with Gasteiger partial charge in [-0.15, -0.1) is 0 Å². The highest BCUT2D eigenvalue weighted by Gasteiger charge is 2.37. The zero-order chi connectivity index (χ0) is 16.2. The third kappa shape index (κ3) is 2.92. The summed E-state index contributed by atoms with van der Waals surface area (Å²) < 4.78 is 0. The number of anilines is 2. The first-order valence-corrected chi connectivity index (χ1v) is 7.38. The van der Waals surface area contributed by atoms with Crippen LogP contribution in [-0.2, 0) is 9.59 Å². The molecule has 1 unspecified atom stereocenters. The molecule has 1 fully saturated rings. The Hall–Kier alpha value is -3.13. The zero-order valence-corrected chi connectivity index (χ0v) is 12.4. The maximum Gasteiger partial charge on any atom is 0.247 e. The van der Waals surface area contributed by atoms with E-state index in [0.29, 0.717) is 29.8 Å². The van der Waals surface area contributed by atoms with E-state index < -0.39 is 6.04 Å². The lowest BCUT2D eigenvalue weighted by atomic mass is 10.1. The second-order valence-corrected chi connectivity index (χ2v) is 5.30. The Morgan fingerprint density at radius 3 is 2.57 bits per heavy atom. The molecule has 1 heterocycles. The Morgan fingerprint density at radius 1 is 1.13 bits per heavy atom. The quantitative estimate of drug-likeness (QED) is 0.947. The summed E-state index contributed by atoms with van der Waals surface area (Å²) in [6, 6.07) is 17.5. The molecular weight excluding hydrogens is 290 g/mol. The molecule has 0 radical (unpaired) electrons. The number of hydrogen-bond acceptors (Lipinski definition) is 3. The highest BCUT2D eigenvalue weighted by Crippen LogP contribution is 2.27. The molecule has 1 saturated heterocycles. The molecule has 23 heavy (non-hydrogen) atoms. The van der Waals surface area contributed by atoms with E-state index in [4.69, 9.17) is 5.26 Å². The highest BCUT2D eigenvalue weighted by molar-refractivity contribution is 6.07. The van der Waals surface area contributed by atoms with Crippen molar-refractivity contribution in [3.8, 4) is 6.07 Å². The van der Waals surface area contributed by atoms with Crippen LogP contribution in [0.5, 0.6) is 0 Å². The third-order valence-electron chi connectivity index (χ3n) is 3.85. The van der Waals surface area contributed by atoms with E-state index in [9.17, 15) is 9.59 Å². The number of hydrogen-bond donors (Lipinski definition) is 1. The summed E-state index contributed by atoms with van der Waals surface area (Å²) >= 11 is 0. The number of nitrogens with zero attached hydrogens (tertiary/aromatic N) is 2. The molecule has 1 aliphatic rings. The number of nitrogens with one attached hydrogen (secondary N) is 1. The Labute approximate surface area is 134 Å². The molecule has 0 bridgehead atoms. The fourth-order valence-electron chi connectivity index (χ4n) is 2.75. The van der Waals surface area contributed by atoms with Crippen LogP contribution in [0, 0.1) is 11.3 Å². The van der Waals surface area contributed by atoms with Crippen molar-refractivity contribution in [3.05, 3.63) is 60.2 Å². The molecular formula is C18H15N3O2. The highest BCUT2D eigenvalue weighted by atomic mass is 16.2. The first-order valence-electron chi connectivity index (χ1n) is 7.38. The van der Waals surface area contributed by atoms with E-state index in [1.165, 1.54) is 4.90 Å². The molecule has 5 nitrogen and oxygen atoms in total. The van der Waals surface area contributed by atoms with Crippen LogP contribution in [0.1, 0.15) is 18.4 Å². The predicted molar refractivity (Wildman–Crippen MR) is 86.7 cm³/mol. The van der Waals surface area contributed by atoms with Crippen molar-refractivity contribution in [3.63, 3.8) is 0 Å². The van der Waals surface area contributed by atoms with Crippen LogP contribution in [0.2, 0.25) is 0 Å². The summed E-state index contributed by atoms with van der Waals surface area (Å²) in [7, 11) is 0. The van der Waals surface area contributed by atoms with Gasteiger partial charge >= 0.3 is 0 Å². The molecule has 0 aliphatic carbocycles. The van der Waals surface area contributed by atoms with Crippen molar-refractivity contribution in [1.29, 1.82) is 5.26 Å². The fourth-order valence-corrected chi connectivity index (χ4v) is 2.75. The minimum Gasteiger partial charge on any atom is -0.323 e. The van der Waals surface area contributed by atoms with Crippen molar-refractivity contribution in [2.45, 2.75) is 18.9 Å². The van der Waals surface area contributed by atoms with Crippen LogP contribution in [0.4, 0.5) is 11.4 Å². The van der Waals surface area contributed by atoms with Crippen molar-refractivity contribution < 1.29 is 9.59 Å². The molecule has 1 aliphatic heterocycles. The lowest BCUT2D eigenvalue weighted by Gasteiger charge is -2.24. The molecule has 3 rings (SSSR count). The van der Waals surface area contributed by atoms with Gasteiger partial charge in [0.2, 0.25) is 11.8 Å². The summed E-state index contributed by atoms with van der Waals surface area (Å²) in [5.41, 5.74) is 1.58. The van der Waals surface area contributed by atoms with Crippen LogP contribution < -0.4 is 10.2 Å². The Kier molecular flexibility index (Phi) is 4.07. The maximum atomic E-state index is 12.6. The largest absolute Gasteiger partial charge is 0.323 e. The average Bonchev–Trinajstić information content (AvgIpc) is 2.98. The molecule has 0 aromatic heterocycles. The van der Waals surface area contributed by atoms with Crippen LogP contribution in [0.15, 0.2) is 54.6 Å². The smallest absolute Gasteiger partial charge is 0.247 e. The van der Waals surface area contributed by atoms with Crippen molar-refractivity contribution >= 4 is 23.2 Å². The molecule has 2 aromatic carbocycles. The molecule has 2 aromatic rings. The van der Waals surface area contributed by atoms with Crippen LogP contribution in [0.3, 0.4) is 0 Å². The van der Waals surface area contributed by atoms with Gasteiger partial charge in [0.15, 0.2) is 0 Å². The van der Waals surface area contributed by atoms with Gasteiger partial charge in [-0.2, -0.15) is 5.26 Å². The van der Waals surface area contributed by atoms with Crippen LogP contribution >= 0.6 is 0 Å². The van der Waals surface area contributed by atoms with Gasteiger partial charge in [-0.1, -0.05) is 30.3 Å². The molecule has 1 N–H and O–H groups in total. The van der Waals surface area contributed by atoms with E-state index >= 15 is 0 Å². The van der Waals surface area contributed by atoms with Gasteiger partial charge in [-0.25, -0.2) is 0 Å². The van der Waals surface area contributed by atoms with E-state index in [2.05, 4.69) is 5.32 Å². The van der Waals surface area contributed by atoms with Gasteiger partial charge < -0.3 is 5.32 Å². The number of nitriles is 1. The van der Waals surface area contributed by atoms with E-state index in [0.717, 1.165) is 0 Å². The molecule has 114 valence electrons. The topological polar surface area (TPSA) is 73.2 Å². The van der Waals surface area contributed by atoms with Crippen molar-refractivity contribution in [1.82, 2.24) is 0 Å². The second kappa shape index (κ2) is 6.32. The number of carbonyl (C=O) groups is 2. The van der Waals surface area contributed by atoms with E-state index in [1.807, 2.05) is 36.4 Å². The lowest BCUT2D eigenvalue weighted by molar-refractivity contribution is -0.120. The molecule has 1 atom stereocenters. The van der Waals surface area contributed by atoms with Gasteiger partial charge in [0.05, 0.1) is 11.3 Å². The summed E-state index contributed by atoms with van der Waals surface area (Å²) in [4.78, 5) is 26.3. The standard InChI is InChI=1S/C18H15N3O2/c19-12-13-6-4-5-9-15(13)20-18(23)16-10-11-17(22)21(16)14-7-2-1-3-8-14/h1-9,16H,10-11H2,(H,20,23). The number of rotatable bonds is 3. The Balaban J connectivity index is 1.84. The van der Waals surface area contributed by atoms with E-state index in [1.54, 1.807) is 24.3 Å². The number of benzene rings is 2. The number of amides is 2. The lowest BCUT2D eigenvalue weighted by Crippen LogP contribution is -2.41. The summed E-state index contributed by atoms with van der Waals surface area (Å²) in [5, 5.41) is 11.9. The minimum absolute atomic E-state index is 0.0649. The monoisotopic (exact) mass is 305 g/mol. The summed E-state index contributed by atoms with van der Waals surface area (Å²) in [6.07, 6.45) is 0.807. The molecule has 5 heteroatoms. The van der Waals surface area contributed by atoms with Gasteiger partial charge in [-0.3, -0.25) is 14.5 Å². The first-order chi connectivity index (χ1) is 11.2. The fraction of sp³-hybridized carbons (Fsp3) is 0.167. The van der Waals surface area contributed by atoms with Crippen LogP contribution in [-0.4, -0.2) is 17.9 Å². The van der Waals surface area contributed by atoms with Gasteiger partial charge in [-0.05, 0) is 30.7 Å². The van der Waals surface area contributed by atoms with Crippen molar-refractivity contribution in [2.75, 3.05) is 10.2 Å². The Morgan fingerprint density at radius 2 is 1.83 bits per heavy atom. The summed E-state index contributed by atoms with van der Waals surface area (Å²) in [5.74, 6) is -0.340. The first kappa shape index (κ1) is 14.8. The van der Waals surface area contributed by atoms with Gasteiger partial charge in [0.25, 0.3) is 0 Å². The maximum absolute atomic E-state index is 12.6. The average molecular weight is 305 g/mol. The Bertz CT molecular complexity index is 780. The van der Waals surface area contributed by atoms with E-state index in [-0.39, 0.29) is 11.8 Å². The SMILES string of the molecule is N#Cc1ccccc1NC(=O)C1CCC(=O)N1c1ccccc1.